The molecule has 0 bridgehead atoms. The fourth-order valence-corrected chi connectivity index (χ4v) is 1.76. The summed E-state index contributed by atoms with van der Waals surface area (Å²) >= 11 is 5.85. The zero-order chi connectivity index (χ0) is 10.7. The van der Waals surface area contributed by atoms with Crippen molar-refractivity contribution in [2.45, 2.75) is 25.3 Å². The number of rotatable bonds is 4. The molecule has 1 aromatic heterocycles. The lowest BCUT2D eigenvalue weighted by molar-refractivity contribution is 0.778. The summed E-state index contributed by atoms with van der Waals surface area (Å²) < 4.78 is 0. The van der Waals surface area contributed by atoms with E-state index in [1.165, 1.54) is 12.8 Å². The number of pyridine rings is 1. The molecule has 1 aromatic rings. The van der Waals surface area contributed by atoms with E-state index >= 15 is 0 Å². The molecule has 0 unspecified atom stereocenters. The van der Waals surface area contributed by atoms with Crippen molar-refractivity contribution in [3.63, 3.8) is 0 Å². The van der Waals surface area contributed by atoms with Gasteiger partial charge in [-0.15, -0.1) is 0 Å². The highest BCUT2D eigenvalue weighted by Gasteiger charge is 2.29. The number of nitrogens with zero attached hydrogens (tertiary/aromatic N) is 3. The summed E-state index contributed by atoms with van der Waals surface area (Å²) in [6, 6.07) is 8.33. The van der Waals surface area contributed by atoms with Gasteiger partial charge in [0.1, 0.15) is 11.0 Å². The Bertz CT molecular complexity index is 382. The van der Waals surface area contributed by atoms with Crippen molar-refractivity contribution >= 4 is 17.4 Å². The minimum Gasteiger partial charge on any atom is -0.353 e. The molecule has 15 heavy (non-hydrogen) atoms. The van der Waals surface area contributed by atoms with Gasteiger partial charge in [-0.25, -0.2) is 4.98 Å². The number of hydrogen-bond acceptors (Lipinski definition) is 3. The SMILES string of the molecule is N#CCCN(c1cccc(Cl)n1)C1CC1. The third kappa shape index (κ3) is 2.60. The lowest BCUT2D eigenvalue weighted by atomic mass is 10.3. The Morgan fingerprint density at radius 2 is 2.33 bits per heavy atom. The van der Waals surface area contributed by atoms with Crippen LogP contribution < -0.4 is 4.90 Å². The van der Waals surface area contributed by atoms with Gasteiger partial charge in [0, 0.05) is 12.6 Å². The van der Waals surface area contributed by atoms with Crippen LogP contribution in [0.1, 0.15) is 19.3 Å². The van der Waals surface area contributed by atoms with Crippen molar-refractivity contribution in [3.05, 3.63) is 23.4 Å². The van der Waals surface area contributed by atoms with E-state index in [1.807, 2.05) is 12.1 Å². The molecule has 0 radical (unpaired) electrons. The first-order valence-corrected chi connectivity index (χ1v) is 5.45. The largest absolute Gasteiger partial charge is 0.353 e. The van der Waals surface area contributed by atoms with Gasteiger partial charge in [-0.2, -0.15) is 5.26 Å². The molecule has 0 N–H and O–H groups in total. The Morgan fingerprint density at radius 3 is 2.93 bits per heavy atom. The first-order valence-electron chi connectivity index (χ1n) is 5.07. The average molecular weight is 222 g/mol. The highest BCUT2D eigenvalue weighted by Crippen LogP contribution is 2.31. The molecule has 0 aliphatic heterocycles. The second-order valence-corrected chi connectivity index (χ2v) is 4.04. The number of halogens is 1. The number of nitriles is 1. The lowest BCUT2D eigenvalue weighted by Gasteiger charge is -2.22. The second-order valence-electron chi connectivity index (χ2n) is 3.65. The van der Waals surface area contributed by atoms with Crippen LogP contribution in [0.4, 0.5) is 5.82 Å². The highest BCUT2D eigenvalue weighted by molar-refractivity contribution is 6.29. The second kappa shape index (κ2) is 4.50. The molecular weight excluding hydrogens is 210 g/mol. The monoisotopic (exact) mass is 221 g/mol. The minimum atomic E-state index is 0.509. The Balaban J connectivity index is 2.13. The van der Waals surface area contributed by atoms with Crippen LogP contribution in [-0.2, 0) is 0 Å². The highest BCUT2D eigenvalue weighted by atomic mass is 35.5. The Morgan fingerprint density at radius 1 is 1.53 bits per heavy atom. The van der Waals surface area contributed by atoms with E-state index in [9.17, 15) is 0 Å². The number of hydrogen-bond donors (Lipinski definition) is 0. The van der Waals surface area contributed by atoms with Crippen LogP contribution in [0.5, 0.6) is 0 Å². The summed E-state index contributed by atoms with van der Waals surface area (Å²) in [4.78, 5) is 6.45. The maximum atomic E-state index is 8.60. The van der Waals surface area contributed by atoms with Crippen molar-refractivity contribution in [3.8, 4) is 6.07 Å². The van der Waals surface area contributed by atoms with Gasteiger partial charge < -0.3 is 4.90 Å². The van der Waals surface area contributed by atoms with E-state index in [0.717, 1.165) is 12.4 Å². The van der Waals surface area contributed by atoms with Crippen molar-refractivity contribution < 1.29 is 0 Å². The molecule has 4 heteroatoms. The minimum absolute atomic E-state index is 0.509. The van der Waals surface area contributed by atoms with Crippen LogP contribution in [-0.4, -0.2) is 17.6 Å². The van der Waals surface area contributed by atoms with Gasteiger partial charge in [-0.3, -0.25) is 0 Å². The number of aromatic nitrogens is 1. The molecule has 2 rings (SSSR count). The Labute approximate surface area is 94.3 Å². The van der Waals surface area contributed by atoms with Crippen molar-refractivity contribution in [2.75, 3.05) is 11.4 Å². The van der Waals surface area contributed by atoms with Gasteiger partial charge in [0.25, 0.3) is 0 Å². The third-order valence-electron chi connectivity index (χ3n) is 2.45. The average Bonchev–Trinajstić information content (AvgIpc) is 3.03. The third-order valence-corrected chi connectivity index (χ3v) is 2.66. The Hall–Kier alpha value is -1.27. The van der Waals surface area contributed by atoms with Gasteiger partial charge in [-0.05, 0) is 25.0 Å². The van der Waals surface area contributed by atoms with E-state index < -0.39 is 0 Å². The molecule has 1 fully saturated rings. The summed E-state index contributed by atoms with van der Waals surface area (Å²) in [5.41, 5.74) is 0. The Kier molecular flexibility index (Phi) is 3.08. The molecule has 0 spiro atoms. The molecule has 0 aromatic carbocycles. The predicted molar refractivity (Wildman–Crippen MR) is 59.8 cm³/mol. The smallest absolute Gasteiger partial charge is 0.131 e. The zero-order valence-corrected chi connectivity index (χ0v) is 9.11. The van der Waals surface area contributed by atoms with E-state index in [1.54, 1.807) is 6.07 Å². The molecule has 0 amide bonds. The zero-order valence-electron chi connectivity index (χ0n) is 8.36. The molecule has 3 nitrogen and oxygen atoms in total. The topological polar surface area (TPSA) is 39.9 Å². The number of anilines is 1. The molecule has 78 valence electrons. The van der Waals surface area contributed by atoms with E-state index in [-0.39, 0.29) is 0 Å². The molecule has 0 atom stereocenters. The standard InChI is InChI=1S/C11H12ClN3/c12-10-3-1-4-11(14-10)15(8-2-7-13)9-5-6-9/h1,3-4,9H,2,5-6,8H2. The van der Waals surface area contributed by atoms with Crippen LogP contribution >= 0.6 is 11.6 Å². The summed E-state index contributed by atoms with van der Waals surface area (Å²) in [5, 5.41) is 9.11. The molecule has 1 aliphatic rings. The van der Waals surface area contributed by atoms with Crippen molar-refractivity contribution in [2.24, 2.45) is 0 Å². The van der Waals surface area contributed by atoms with E-state index in [4.69, 9.17) is 16.9 Å². The quantitative estimate of drug-likeness (QED) is 0.734. The maximum Gasteiger partial charge on any atom is 0.131 e. The normalized spacial score (nSPS) is 14.7. The summed E-state index contributed by atoms with van der Waals surface area (Å²) in [5.74, 6) is 0.889. The van der Waals surface area contributed by atoms with E-state index in [2.05, 4.69) is 16.0 Å². The first kappa shape index (κ1) is 10.3. The summed E-state index contributed by atoms with van der Waals surface area (Å²) in [6.07, 6.45) is 2.92. The molecule has 1 saturated carbocycles. The summed E-state index contributed by atoms with van der Waals surface area (Å²) in [7, 11) is 0. The van der Waals surface area contributed by atoms with Crippen LogP contribution in [0.15, 0.2) is 18.2 Å². The molecular formula is C11H12ClN3. The summed E-state index contributed by atoms with van der Waals surface area (Å²) in [6.45, 7) is 0.745. The van der Waals surface area contributed by atoms with Gasteiger partial charge in [-0.1, -0.05) is 17.7 Å². The van der Waals surface area contributed by atoms with Crippen LogP contribution in [0, 0.1) is 11.3 Å². The van der Waals surface area contributed by atoms with Crippen LogP contribution in [0.25, 0.3) is 0 Å². The predicted octanol–water partition coefficient (Wildman–Crippen LogP) is 2.62. The molecule has 1 heterocycles. The molecule has 1 aliphatic carbocycles. The van der Waals surface area contributed by atoms with Gasteiger partial charge >= 0.3 is 0 Å². The fourth-order valence-electron chi connectivity index (χ4n) is 1.60. The first-order chi connectivity index (χ1) is 7.31. The lowest BCUT2D eigenvalue weighted by Crippen LogP contribution is -2.27. The maximum absolute atomic E-state index is 8.60. The van der Waals surface area contributed by atoms with Crippen molar-refractivity contribution in [1.82, 2.24) is 4.98 Å². The van der Waals surface area contributed by atoms with Gasteiger partial charge in [0.15, 0.2) is 0 Å². The van der Waals surface area contributed by atoms with Crippen LogP contribution in [0.3, 0.4) is 0 Å². The van der Waals surface area contributed by atoms with Crippen molar-refractivity contribution in [1.29, 1.82) is 5.26 Å². The van der Waals surface area contributed by atoms with Crippen LogP contribution in [0.2, 0.25) is 5.15 Å². The fraction of sp³-hybridized carbons (Fsp3) is 0.455. The van der Waals surface area contributed by atoms with Gasteiger partial charge in [0.2, 0.25) is 0 Å². The molecule has 0 saturated heterocycles. The van der Waals surface area contributed by atoms with Gasteiger partial charge in [0.05, 0.1) is 12.5 Å². The van der Waals surface area contributed by atoms with E-state index in [0.29, 0.717) is 17.6 Å².